The summed E-state index contributed by atoms with van der Waals surface area (Å²) in [6.07, 6.45) is -2.18. The third-order valence-corrected chi connectivity index (χ3v) is 4.73. The maximum atomic E-state index is 12.0. The molecule has 0 bridgehead atoms. The summed E-state index contributed by atoms with van der Waals surface area (Å²) in [6.45, 7) is 1.99. The highest BCUT2D eigenvalue weighted by atomic mass is 32.1. The minimum absolute atomic E-state index is 0.0947. The number of carbonyl (C=O) groups excluding carboxylic acids is 2. The summed E-state index contributed by atoms with van der Waals surface area (Å²) in [7, 11) is -5.21. The van der Waals surface area contributed by atoms with Crippen molar-refractivity contribution in [3.63, 3.8) is 0 Å². The third-order valence-electron chi connectivity index (χ3n) is 3.32. The van der Waals surface area contributed by atoms with E-state index in [1.54, 1.807) is 0 Å². The van der Waals surface area contributed by atoms with Crippen molar-refractivity contribution in [2.24, 2.45) is 5.41 Å². The standard InChI is InChI=1S/C12H23N2O9PS/c1-12(2,6-15)9(17)10(18)13-4-3-8(16)14(24(21,22)23)7(5-25)11(19)20/h7,9,15,17,25H,3-6H2,1-2H3,(H,13,18)(H,19,20)(H2,21,22,23)/t7-,9-/m0/s1. The van der Waals surface area contributed by atoms with E-state index in [4.69, 9.17) is 10.2 Å². The molecule has 0 saturated carbocycles. The van der Waals surface area contributed by atoms with Crippen molar-refractivity contribution in [3.8, 4) is 0 Å². The number of aliphatic hydroxyl groups is 2. The van der Waals surface area contributed by atoms with Crippen molar-refractivity contribution < 1.29 is 44.1 Å². The number of aliphatic carboxylic acids is 1. The molecule has 0 aliphatic carbocycles. The van der Waals surface area contributed by atoms with Gasteiger partial charge in [0, 0.05) is 24.1 Å². The van der Waals surface area contributed by atoms with Crippen molar-refractivity contribution in [3.05, 3.63) is 0 Å². The average molecular weight is 402 g/mol. The Morgan fingerprint density at radius 1 is 1.28 bits per heavy atom. The van der Waals surface area contributed by atoms with Crippen LogP contribution >= 0.6 is 20.4 Å². The second-order valence-corrected chi connectivity index (χ2v) is 7.70. The quantitative estimate of drug-likeness (QED) is 0.163. The third kappa shape index (κ3) is 6.92. The number of nitrogens with zero attached hydrogens (tertiary/aromatic N) is 1. The van der Waals surface area contributed by atoms with E-state index in [1.165, 1.54) is 13.8 Å². The Hall–Kier alpha value is -1.17. The molecule has 13 heteroatoms. The van der Waals surface area contributed by atoms with Gasteiger partial charge >= 0.3 is 13.7 Å². The van der Waals surface area contributed by atoms with Crippen LogP contribution in [-0.2, 0) is 18.9 Å². The Morgan fingerprint density at radius 3 is 2.16 bits per heavy atom. The van der Waals surface area contributed by atoms with E-state index in [2.05, 4.69) is 17.9 Å². The first-order chi connectivity index (χ1) is 11.3. The second kappa shape index (κ2) is 9.51. The van der Waals surface area contributed by atoms with Crippen LogP contribution in [0.15, 0.2) is 0 Å². The molecule has 0 saturated heterocycles. The number of hydrogen-bond donors (Lipinski definition) is 7. The summed E-state index contributed by atoms with van der Waals surface area (Å²) >= 11 is 3.67. The van der Waals surface area contributed by atoms with Gasteiger partial charge in [0.1, 0.15) is 12.1 Å². The molecule has 0 unspecified atom stereocenters. The number of nitrogens with one attached hydrogen (secondary N) is 1. The van der Waals surface area contributed by atoms with Crippen LogP contribution in [0, 0.1) is 5.41 Å². The molecular weight excluding hydrogens is 379 g/mol. The predicted molar refractivity (Wildman–Crippen MR) is 88.7 cm³/mol. The first-order valence-electron chi connectivity index (χ1n) is 7.08. The maximum Gasteiger partial charge on any atom is 0.433 e. The molecule has 25 heavy (non-hydrogen) atoms. The van der Waals surface area contributed by atoms with Gasteiger partial charge in [0.2, 0.25) is 11.8 Å². The molecule has 0 aromatic carbocycles. The summed E-state index contributed by atoms with van der Waals surface area (Å²) in [5, 5.41) is 30.0. The van der Waals surface area contributed by atoms with Crippen LogP contribution < -0.4 is 5.32 Å². The van der Waals surface area contributed by atoms with Crippen molar-refractivity contribution in [1.82, 2.24) is 9.99 Å². The van der Waals surface area contributed by atoms with Gasteiger partial charge in [-0.05, 0) is 0 Å². The lowest BCUT2D eigenvalue weighted by atomic mass is 9.87. The van der Waals surface area contributed by atoms with Gasteiger partial charge in [-0.15, -0.1) is 0 Å². The van der Waals surface area contributed by atoms with Gasteiger partial charge in [-0.2, -0.15) is 12.6 Å². The van der Waals surface area contributed by atoms with Crippen LogP contribution in [-0.4, -0.2) is 78.6 Å². The number of thiol groups is 1. The molecule has 0 aliphatic rings. The van der Waals surface area contributed by atoms with E-state index in [0.29, 0.717) is 0 Å². The smallest absolute Gasteiger partial charge is 0.433 e. The molecule has 0 fully saturated rings. The highest BCUT2D eigenvalue weighted by Crippen LogP contribution is 2.42. The number of rotatable bonds is 10. The number of carbonyl (C=O) groups is 3. The lowest BCUT2D eigenvalue weighted by Crippen LogP contribution is -2.47. The minimum atomic E-state index is -5.21. The van der Waals surface area contributed by atoms with E-state index < -0.39 is 68.4 Å². The molecule has 0 aliphatic heterocycles. The molecule has 0 rings (SSSR count). The fraction of sp³-hybridized carbons (Fsp3) is 0.750. The molecule has 0 aromatic rings. The fourth-order valence-electron chi connectivity index (χ4n) is 1.71. The monoisotopic (exact) mass is 402 g/mol. The first-order valence-corrected chi connectivity index (χ1v) is 9.27. The molecule has 0 spiro atoms. The van der Waals surface area contributed by atoms with Gasteiger partial charge in [-0.1, -0.05) is 13.8 Å². The van der Waals surface area contributed by atoms with E-state index in [0.717, 1.165) is 0 Å². The SMILES string of the molecule is CC(C)(CO)[C@@H](O)C(=O)NCCC(=O)N([C@@H](CS)C(=O)O)P(=O)(O)O. The van der Waals surface area contributed by atoms with Gasteiger partial charge in [0.25, 0.3) is 0 Å². The predicted octanol–water partition coefficient (Wildman–Crippen LogP) is -1.82. The highest BCUT2D eigenvalue weighted by Gasteiger charge is 2.40. The Bertz CT molecular complexity index is 551. The molecule has 11 nitrogen and oxygen atoms in total. The average Bonchev–Trinajstić information content (AvgIpc) is 2.49. The van der Waals surface area contributed by atoms with Gasteiger partial charge < -0.3 is 30.4 Å². The minimum Gasteiger partial charge on any atom is -0.480 e. The van der Waals surface area contributed by atoms with Crippen LogP contribution in [0.1, 0.15) is 20.3 Å². The Balaban J connectivity index is 4.93. The summed E-state index contributed by atoms with van der Waals surface area (Å²) < 4.78 is 11.3. The van der Waals surface area contributed by atoms with Crippen molar-refractivity contribution in [2.45, 2.75) is 32.4 Å². The van der Waals surface area contributed by atoms with Crippen LogP contribution in [0.3, 0.4) is 0 Å². The van der Waals surface area contributed by atoms with Crippen LogP contribution in [0.2, 0.25) is 0 Å². The van der Waals surface area contributed by atoms with E-state index >= 15 is 0 Å². The normalized spacial score (nSPS) is 14.5. The lowest BCUT2D eigenvalue weighted by Gasteiger charge is -2.29. The van der Waals surface area contributed by atoms with Gasteiger partial charge in [0.05, 0.1) is 6.61 Å². The van der Waals surface area contributed by atoms with Crippen LogP contribution in [0.4, 0.5) is 0 Å². The number of amides is 2. The summed E-state index contributed by atoms with van der Waals surface area (Å²) in [5.74, 6) is -4.26. The zero-order chi connectivity index (χ0) is 20.0. The maximum absolute atomic E-state index is 12.0. The molecule has 146 valence electrons. The Labute approximate surface area is 149 Å². The summed E-state index contributed by atoms with van der Waals surface area (Å²) in [6, 6.07) is -1.84. The van der Waals surface area contributed by atoms with Crippen molar-refractivity contribution in [1.29, 1.82) is 0 Å². The van der Waals surface area contributed by atoms with Gasteiger partial charge in [-0.25, -0.2) is 14.0 Å². The lowest BCUT2D eigenvalue weighted by molar-refractivity contribution is -0.146. The van der Waals surface area contributed by atoms with Crippen LogP contribution in [0.5, 0.6) is 0 Å². The Kier molecular flexibility index (Phi) is 9.06. The molecule has 2 atom stereocenters. The van der Waals surface area contributed by atoms with Crippen LogP contribution in [0.25, 0.3) is 0 Å². The largest absolute Gasteiger partial charge is 0.480 e. The fourth-order valence-corrected chi connectivity index (χ4v) is 3.09. The topological polar surface area (TPSA) is 185 Å². The second-order valence-electron chi connectivity index (χ2n) is 5.88. The number of hydrogen-bond acceptors (Lipinski definition) is 7. The molecule has 0 heterocycles. The zero-order valence-electron chi connectivity index (χ0n) is 13.7. The molecular formula is C12H23N2O9PS. The summed E-state index contributed by atoms with van der Waals surface area (Å²) in [5.41, 5.74) is -1.13. The number of carboxylic acids is 1. The molecule has 6 N–H and O–H groups in total. The van der Waals surface area contributed by atoms with Gasteiger partial charge in [0.15, 0.2) is 0 Å². The highest BCUT2D eigenvalue weighted by molar-refractivity contribution is 7.80. The number of carboxylic acid groups (broad SMARTS) is 1. The van der Waals surface area contributed by atoms with E-state index in [-0.39, 0.29) is 4.67 Å². The Morgan fingerprint density at radius 2 is 1.80 bits per heavy atom. The van der Waals surface area contributed by atoms with E-state index in [1.807, 2.05) is 0 Å². The number of aliphatic hydroxyl groups excluding tert-OH is 2. The van der Waals surface area contributed by atoms with Crippen molar-refractivity contribution >= 4 is 38.2 Å². The van der Waals surface area contributed by atoms with E-state index in [9.17, 15) is 33.8 Å². The molecule has 2 amide bonds. The van der Waals surface area contributed by atoms with Gasteiger partial charge in [-0.3, -0.25) is 9.59 Å². The zero-order valence-corrected chi connectivity index (χ0v) is 15.5. The van der Waals surface area contributed by atoms with Crippen molar-refractivity contribution in [2.75, 3.05) is 18.9 Å². The first kappa shape index (κ1) is 23.8. The molecule has 0 radical (unpaired) electrons. The summed E-state index contributed by atoms with van der Waals surface area (Å²) in [4.78, 5) is 53.1. The molecule has 0 aromatic heterocycles.